The van der Waals surface area contributed by atoms with Crippen LogP contribution in [-0.4, -0.2) is 13.0 Å². The average Bonchev–Trinajstić information content (AvgIpc) is 2.15. The fraction of sp³-hybridized carbons (Fsp3) is 0.400. The Labute approximate surface area is 84.6 Å². The van der Waals surface area contributed by atoms with Crippen LogP contribution in [-0.2, 0) is 10.1 Å². The molecule has 0 bridgehead atoms. The van der Waals surface area contributed by atoms with Crippen molar-refractivity contribution in [1.29, 1.82) is 0 Å². The van der Waals surface area contributed by atoms with E-state index in [1.54, 1.807) is 6.08 Å². The minimum atomic E-state index is -4.08. The van der Waals surface area contributed by atoms with E-state index in [1.807, 2.05) is 6.92 Å². The second-order valence-electron chi connectivity index (χ2n) is 3.26. The van der Waals surface area contributed by atoms with Crippen LogP contribution in [0.3, 0.4) is 0 Å². The van der Waals surface area contributed by atoms with Crippen LogP contribution >= 0.6 is 0 Å². The Hall–Kier alpha value is -0.960. The van der Waals surface area contributed by atoms with Gasteiger partial charge in [0.2, 0.25) is 4.91 Å². The van der Waals surface area contributed by atoms with Gasteiger partial charge in [-0.15, -0.1) is 0 Å². The van der Waals surface area contributed by atoms with Gasteiger partial charge in [0.25, 0.3) is 0 Å². The van der Waals surface area contributed by atoms with Gasteiger partial charge in [-0.1, -0.05) is 13.8 Å². The van der Waals surface area contributed by atoms with Crippen LogP contribution in [0.4, 0.5) is 0 Å². The van der Waals surface area contributed by atoms with E-state index in [9.17, 15) is 8.42 Å². The summed E-state index contributed by atoms with van der Waals surface area (Å²) in [5, 5.41) is 0. The van der Waals surface area contributed by atoms with Crippen molar-refractivity contribution in [1.82, 2.24) is 0 Å². The van der Waals surface area contributed by atoms with Gasteiger partial charge < -0.3 is 0 Å². The highest BCUT2D eigenvalue weighted by Crippen LogP contribution is 2.21. The molecule has 1 aliphatic carbocycles. The van der Waals surface area contributed by atoms with Crippen molar-refractivity contribution in [2.24, 2.45) is 5.92 Å². The monoisotopic (exact) mass is 213 g/mol. The molecule has 1 aliphatic rings. The van der Waals surface area contributed by atoms with Crippen molar-refractivity contribution in [3.63, 3.8) is 0 Å². The molecule has 0 amide bonds. The zero-order chi connectivity index (χ0) is 10.8. The first kappa shape index (κ1) is 11.1. The van der Waals surface area contributed by atoms with Gasteiger partial charge in [-0.25, -0.2) is 0 Å². The minimum absolute atomic E-state index is 0.107. The summed E-state index contributed by atoms with van der Waals surface area (Å²) in [7, 11) is -4.08. The molecule has 14 heavy (non-hydrogen) atoms. The lowest BCUT2D eigenvalue weighted by Crippen LogP contribution is -2.03. The summed E-state index contributed by atoms with van der Waals surface area (Å²) in [6.07, 6.45) is 8.21. The summed E-state index contributed by atoms with van der Waals surface area (Å²) in [6, 6.07) is 0. The first-order valence-corrected chi connectivity index (χ1v) is 5.88. The summed E-state index contributed by atoms with van der Waals surface area (Å²) in [5.41, 5.74) is 0.958. The Morgan fingerprint density at radius 3 is 2.50 bits per heavy atom. The topological polar surface area (TPSA) is 54.4 Å². The van der Waals surface area contributed by atoms with Gasteiger partial charge in [0.1, 0.15) is 11.6 Å². The third-order valence-electron chi connectivity index (χ3n) is 2.25. The van der Waals surface area contributed by atoms with E-state index in [0.29, 0.717) is 5.92 Å². The lowest BCUT2D eigenvalue weighted by molar-refractivity contribution is 0.492. The van der Waals surface area contributed by atoms with Crippen LogP contribution in [0, 0.1) is 12.0 Å². The summed E-state index contributed by atoms with van der Waals surface area (Å²) in [4.78, 5) is -0.107. The van der Waals surface area contributed by atoms with Gasteiger partial charge in [0.15, 0.2) is 0 Å². The van der Waals surface area contributed by atoms with Crippen LogP contribution in [0.2, 0.25) is 0 Å². The summed E-state index contributed by atoms with van der Waals surface area (Å²) in [6.45, 7) is 4.09. The molecule has 0 spiro atoms. The molecule has 0 saturated heterocycles. The molecular formula is C10H13O3S+. The fourth-order valence-corrected chi connectivity index (χ4v) is 1.56. The van der Waals surface area contributed by atoms with Crippen LogP contribution in [0.15, 0.2) is 28.7 Å². The number of hydrogen-bond donors (Lipinski definition) is 1. The van der Waals surface area contributed by atoms with E-state index >= 15 is 0 Å². The molecule has 3 nitrogen and oxygen atoms in total. The Morgan fingerprint density at radius 2 is 2.14 bits per heavy atom. The SMILES string of the molecule is CCC(C)C1=[C+]C=C(S(=O)(=O)O)C=C1. The molecule has 1 N–H and O–H groups in total. The zero-order valence-corrected chi connectivity index (χ0v) is 9.00. The summed E-state index contributed by atoms with van der Waals surface area (Å²) in [5.74, 6) is 0.352. The molecule has 1 unspecified atom stereocenters. The van der Waals surface area contributed by atoms with Crippen LogP contribution in [0.1, 0.15) is 20.3 Å². The lowest BCUT2D eigenvalue weighted by atomic mass is 9.96. The van der Waals surface area contributed by atoms with Crippen molar-refractivity contribution in [3.8, 4) is 0 Å². The quantitative estimate of drug-likeness (QED) is 0.577. The normalized spacial score (nSPS) is 18.2. The fourth-order valence-electron chi connectivity index (χ4n) is 1.11. The zero-order valence-electron chi connectivity index (χ0n) is 8.19. The van der Waals surface area contributed by atoms with Crippen molar-refractivity contribution < 1.29 is 13.0 Å². The molecule has 4 heteroatoms. The Bertz CT molecular complexity index is 399. The lowest BCUT2D eigenvalue weighted by Gasteiger charge is -2.04. The molecule has 0 aliphatic heterocycles. The summed E-state index contributed by atoms with van der Waals surface area (Å²) < 4.78 is 30.2. The van der Waals surface area contributed by atoms with Crippen LogP contribution < -0.4 is 0 Å². The molecular weight excluding hydrogens is 200 g/mol. The average molecular weight is 213 g/mol. The van der Waals surface area contributed by atoms with E-state index in [-0.39, 0.29) is 4.91 Å². The first-order valence-electron chi connectivity index (χ1n) is 4.44. The van der Waals surface area contributed by atoms with E-state index in [4.69, 9.17) is 4.55 Å². The highest BCUT2D eigenvalue weighted by molar-refractivity contribution is 7.90. The van der Waals surface area contributed by atoms with Gasteiger partial charge in [-0.2, -0.15) is 8.42 Å². The number of hydrogen-bond acceptors (Lipinski definition) is 2. The van der Waals surface area contributed by atoms with Gasteiger partial charge in [-0.3, -0.25) is 4.55 Å². The van der Waals surface area contributed by atoms with Crippen molar-refractivity contribution in [3.05, 3.63) is 34.8 Å². The van der Waals surface area contributed by atoms with E-state index in [1.165, 1.54) is 12.2 Å². The maximum Gasteiger partial charge on any atom is 0.342 e. The molecule has 1 atom stereocenters. The molecule has 0 aromatic heterocycles. The molecule has 0 radical (unpaired) electrons. The Morgan fingerprint density at radius 1 is 1.50 bits per heavy atom. The number of rotatable bonds is 3. The Kier molecular flexibility index (Phi) is 3.21. The smallest absolute Gasteiger partial charge is 0.272 e. The van der Waals surface area contributed by atoms with Gasteiger partial charge in [-0.05, 0) is 6.42 Å². The van der Waals surface area contributed by atoms with Gasteiger partial charge in [0.05, 0.1) is 12.2 Å². The van der Waals surface area contributed by atoms with Gasteiger partial charge >= 0.3 is 10.1 Å². The van der Waals surface area contributed by atoms with Crippen LogP contribution in [0.25, 0.3) is 0 Å². The highest BCUT2D eigenvalue weighted by atomic mass is 32.2. The number of allylic oxidation sites excluding steroid dienone is 5. The summed E-state index contributed by atoms with van der Waals surface area (Å²) >= 11 is 0. The predicted octanol–water partition coefficient (Wildman–Crippen LogP) is 2.10. The highest BCUT2D eigenvalue weighted by Gasteiger charge is 2.22. The van der Waals surface area contributed by atoms with Crippen LogP contribution in [0.5, 0.6) is 0 Å². The second-order valence-corrected chi connectivity index (χ2v) is 4.69. The third kappa shape index (κ3) is 2.51. The van der Waals surface area contributed by atoms with E-state index in [0.717, 1.165) is 12.0 Å². The van der Waals surface area contributed by atoms with Crippen molar-refractivity contribution in [2.75, 3.05) is 0 Å². The second kappa shape index (κ2) is 4.05. The standard InChI is InChI=1S/C10H12O3S/c1-3-8(2)9-4-6-10(7-5-9)14(11,12)13/h4,6-8H,3H2,1-2H3/p+1. The Balaban J connectivity index is 2.93. The molecule has 0 aromatic carbocycles. The molecule has 0 fully saturated rings. The van der Waals surface area contributed by atoms with Crippen molar-refractivity contribution >= 4 is 10.1 Å². The molecule has 0 aromatic rings. The predicted molar refractivity (Wildman–Crippen MR) is 55.0 cm³/mol. The molecule has 1 rings (SSSR count). The molecule has 0 saturated carbocycles. The first-order chi connectivity index (χ1) is 6.45. The maximum atomic E-state index is 10.7. The van der Waals surface area contributed by atoms with Gasteiger partial charge in [0, 0.05) is 12.0 Å². The van der Waals surface area contributed by atoms with E-state index < -0.39 is 10.1 Å². The largest absolute Gasteiger partial charge is 0.342 e. The van der Waals surface area contributed by atoms with Crippen molar-refractivity contribution in [2.45, 2.75) is 20.3 Å². The molecule has 76 valence electrons. The minimum Gasteiger partial charge on any atom is -0.272 e. The molecule has 0 heterocycles. The van der Waals surface area contributed by atoms with E-state index in [2.05, 4.69) is 13.0 Å². The third-order valence-corrected chi connectivity index (χ3v) is 3.10. The maximum absolute atomic E-state index is 10.7.